The third-order valence-electron chi connectivity index (χ3n) is 3.30. The Bertz CT molecular complexity index is 617. The minimum Gasteiger partial charge on any atom is -0.360 e. The van der Waals surface area contributed by atoms with Crippen molar-refractivity contribution in [2.24, 2.45) is 5.92 Å². The van der Waals surface area contributed by atoms with Crippen molar-refractivity contribution in [3.05, 3.63) is 27.4 Å². The fourth-order valence-corrected chi connectivity index (χ4v) is 3.44. The van der Waals surface area contributed by atoms with Crippen molar-refractivity contribution in [2.45, 2.75) is 33.1 Å². The molecule has 1 N–H and O–H groups in total. The van der Waals surface area contributed by atoms with Crippen molar-refractivity contribution in [3.8, 4) is 0 Å². The second-order valence-corrected chi connectivity index (χ2v) is 6.14. The van der Waals surface area contributed by atoms with Crippen molar-refractivity contribution < 1.29 is 9.32 Å². The second-order valence-electron chi connectivity index (χ2n) is 4.85. The van der Waals surface area contributed by atoms with E-state index in [1.54, 1.807) is 24.3 Å². The van der Waals surface area contributed by atoms with Crippen molar-refractivity contribution in [1.29, 1.82) is 0 Å². The van der Waals surface area contributed by atoms with Crippen molar-refractivity contribution in [1.82, 2.24) is 10.1 Å². The number of anilines is 1. The highest BCUT2D eigenvalue weighted by atomic mass is 32.1. The standard InChI is InChI=1S/C13H15N3O2S/c1-7-5-12(16-18-7)15-13(17)9-3-4-10-11(6-9)19-8(2)14-10/h5,9H,3-4,6H2,1-2H3,(H,15,16,17). The molecule has 1 atom stereocenters. The number of aromatic nitrogens is 2. The zero-order chi connectivity index (χ0) is 13.4. The van der Waals surface area contributed by atoms with Gasteiger partial charge in [-0.1, -0.05) is 5.16 Å². The van der Waals surface area contributed by atoms with E-state index in [4.69, 9.17) is 4.52 Å². The lowest BCUT2D eigenvalue weighted by molar-refractivity contribution is -0.120. The van der Waals surface area contributed by atoms with Gasteiger partial charge in [0.05, 0.1) is 10.7 Å². The van der Waals surface area contributed by atoms with E-state index in [9.17, 15) is 4.79 Å². The van der Waals surface area contributed by atoms with Crippen LogP contribution in [-0.4, -0.2) is 16.0 Å². The third kappa shape index (κ3) is 2.53. The summed E-state index contributed by atoms with van der Waals surface area (Å²) in [6.07, 6.45) is 2.51. The smallest absolute Gasteiger partial charge is 0.229 e. The van der Waals surface area contributed by atoms with E-state index in [0.29, 0.717) is 11.6 Å². The Hall–Kier alpha value is -1.69. The van der Waals surface area contributed by atoms with Gasteiger partial charge in [0.2, 0.25) is 5.91 Å². The van der Waals surface area contributed by atoms with Gasteiger partial charge in [0.1, 0.15) is 5.76 Å². The molecular formula is C13H15N3O2S. The number of rotatable bonds is 2. The summed E-state index contributed by atoms with van der Waals surface area (Å²) in [4.78, 5) is 17.9. The van der Waals surface area contributed by atoms with Crippen LogP contribution in [0, 0.1) is 19.8 Å². The molecule has 0 saturated heterocycles. The summed E-state index contributed by atoms with van der Waals surface area (Å²) >= 11 is 1.70. The van der Waals surface area contributed by atoms with Gasteiger partial charge in [-0.05, 0) is 33.1 Å². The molecule has 19 heavy (non-hydrogen) atoms. The number of carbonyl (C=O) groups is 1. The van der Waals surface area contributed by atoms with Crippen LogP contribution < -0.4 is 5.32 Å². The SMILES string of the molecule is Cc1cc(NC(=O)C2CCc3nc(C)sc3C2)no1. The maximum Gasteiger partial charge on any atom is 0.229 e. The second kappa shape index (κ2) is 4.77. The summed E-state index contributed by atoms with van der Waals surface area (Å²) < 4.78 is 4.94. The van der Waals surface area contributed by atoms with E-state index in [2.05, 4.69) is 15.5 Å². The molecule has 0 bridgehead atoms. The lowest BCUT2D eigenvalue weighted by atomic mass is 9.90. The lowest BCUT2D eigenvalue weighted by Crippen LogP contribution is -2.27. The van der Waals surface area contributed by atoms with Gasteiger partial charge in [-0.25, -0.2) is 4.98 Å². The van der Waals surface area contributed by atoms with Crippen LogP contribution in [0.3, 0.4) is 0 Å². The van der Waals surface area contributed by atoms with Crippen LogP contribution in [0.4, 0.5) is 5.82 Å². The quantitative estimate of drug-likeness (QED) is 0.915. The van der Waals surface area contributed by atoms with Gasteiger partial charge >= 0.3 is 0 Å². The molecule has 1 aliphatic carbocycles. The van der Waals surface area contributed by atoms with Crippen LogP contribution in [0.15, 0.2) is 10.6 Å². The number of nitrogens with zero attached hydrogens (tertiary/aromatic N) is 2. The Balaban J connectivity index is 1.69. The Morgan fingerprint density at radius 3 is 3.11 bits per heavy atom. The summed E-state index contributed by atoms with van der Waals surface area (Å²) in [6.45, 7) is 3.81. The molecule has 2 aromatic rings. The molecule has 0 radical (unpaired) electrons. The van der Waals surface area contributed by atoms with Gasteiger partial charge in [0.15, 0.2) is 5.82 Å². The number of hydrogen-bond acceptors (Lipinski definition) is 5. The van der Waals surface area contributed by atoms with Crippen molar-refractivity contribution >= 4 is 23.1 Å². The molecular weight excluding hydrogens is 262 g/mol. The van der Waals surface area contributed by atoms with Gasteiger partial charge in [-0.3, -0.25) is 4.79 Å². The molecule has 0 fully saturated rings. The number of fused-ring (bicyclic) bond motifs is 1. The normalized spacial score (nSPS) is 18.1. The molecule has 3 rings (SSSR count). The zero-order valence-corrected chi connectivity index (χ0v) is 11.7. The molecule has 5 nitrogen and oxygen atoms in total. The van der Waals surface area contributed by atoms with Gasteiger partial charge in [-0.2, -0.15) is 0 Å². The maximum atomic E-state index is 12.2. The van der Waals surface area contributed by atoms with Crippen LogP contribution >= 0.6 is 11.3 Å². The Kier molecular flexibility index (Phi) is 3.10. The largest absolute Gasteiger partial charge is 0.360 e. The van der Waals surface area contributed by atoms with E-state index in [0.717, 1.165) is 24.3 Å². The average Bonchev–Trinajstić information content (AvgIpc) is 2.93. The fourth-order valence-electron chi connectivity index (χ4n) is 2.38. The summed E-state index contributed by atoms with van der Waals surface area (Å²) in [5, 5.41) is 7.67. The summed E-state index contributed by atoms with van der Waals surface area (Å²) in [5.74, 6) is 1.21. The van der Waals surface area contributed by atoms with Crippen LogP contribution in [0.5, 0.6) is 0 Å². The molecule has 2 aromatic heterocycles. The highest BCUT2D eigenvalue weighted by Crippen LogP contribution is 2.30. The first kappa shape index (κ1) is 12.3. The van der Waals surface area contributed by atoms with Crippen LogP contribution in [0.25, 0.3) is 0 Å². The van der Waals surface area contributed by atoms with Gasteiger partial charge in [0.25, 0.3) is 0 Å². The predicted molar refractivity (Wildman–Crippen MR) is 72.2 cm³/mol. The van der Waals surface area contributed by atoms with E-state index in [1.165, 1.54) is 10.6 Å². The Morgan fingerprint density at radius 1 is 1.53 bits per heavy atom. The van der Waals surface area contributed by atoms with Gasteiger partial charge in [0, 0.05) is 16.9 Å². The highest BCUT2D eigenvalue weighted by Gasteiger charge is 2.27. The summed E-state index contributed by atoms with van der Waals surface area (Å²) in [5.41, 5.74) is 1.17. The predicted octanol–water partition coefficient (Wildman–Crippen LogP) is 2.49. The summed E-state index contributed by atoms with van der Waals surface area (Å²) in [7, 11) is 0. The molecule has 1 amide bonds. The van der Waals surface area contributed by atoms with E-state index >= 15 is 0 Å². The molecule has 6 heteroatoms. The summed E-state index contributed by atoms with van der Waals surface area (Å²) in [6, 6.07) is 1.73. The number of carbonyl (C=O) groups excluding carboxylic acids is 1. The lowest BCUT2D eigenvalue weighted by Gasteiger charge is -2.19. The molecule has 0 aromatic carbocycles. The molecule has 1 unspecified atom stereocenters. The minimum absolute atomic E-state index is 0.00403. The van der Waals surface area contributed by atoms with Crippen LogP contribution in [0.2, 0.25) is 0 Å². The first-order chi connectivity index (χ1) is 9.11. The van der Waals surface area contributed by atoms with Crippen molar-refractivity contribution in [3.63, 3.8) is 0 Å². The Labute approximate surface area is 115 Å². The first-order valence-corrected chi connectivity index (χ1v) is 7.13. The number of thiazole rings is 1. The first-order valence-electron chi connectivity index (χ1n) is 6.31. The van der Waals surface area contributed by atoms with Crippen LogP contribution in [0.1, 0.15) is 27.8 Å². The van der Waals surface area contributed by atoms with E-state index in [-0.39, 0.29) is 11.8 Å². The molecule has 1 aliphatic rings. The zero-order valence-electron chi connectivity index (χ0n) is 10.9. The van der Waals surface area contributed by atoms with E-state index < -0.39 is 0 Å². The number of hydrogen-bond donors (Lipinski definition) is 1. The number of aryl methyl sites for hydroxylation is 3. The average molecular weight is 277 g/mol. The van der Waals surface area contributed by atoms with E-state index in [1.807, 2.05) is 6.92 Å². The molecule has 0 spiro atoms. The van der Waals surface area contributed by atoms with Crippen molar-refractivity contribution in [2.75, 3.05) is 5.32 Å². The topological polar surface area (TPSA) is 68.0 Å². The minimum atomic E-state index is 0.00403. The van der Waals surface area contributed by atoms with Gasteiger partial charge in [-0.15, -0.1) is 11.3 Å². The highest BCUT2D eigenvalue weighted by molar-refractivity contribution is 7.11. The molecule has 100 valence electrons. The Morgan fingerprint density at radius 2 is 2.37 bits per heavy atom. The molecule has 0 saturated carbocycles. The third-order valence-corrected chi connectivity index (χ3v) is 4.33. The maximum absolute atomic E-state index is 12.2. The van der Waals surface area contributed by atoms with Crippen LogP contribution in [-0.2, 0) is 17.6 Å². The molecule has 0 aliphatic heterocycles. The monoisotopic (exact) mass is 277 g/mol. The fraction of sp³-hybridized carbons (Fsp3) is 0.462. The number of amides is 1. The van der Waals surface area contributed by atoms with Gasteiger partial charge < -0.3 is 9.84 Å². The number of nitrogens with one attached hydrogen (secondary N) is 1. The molecule has 2 heterocycles.